The summed E-state index contributed by atoms with van der Waals surface area (Å²) in [6.07, 6.45) is -8.40. The van der Waals surface area contributed by atoms with E-state index in [0.717, 1.165) is 5.92 Å². The Balaban J connectivity index is 0.00000654. The molecule has 3 rings (SSSR count). The average Bonchev–Trinajstić information content (AvgIpc) is 2.73. The second kappa shape index (κ2) is 45.3. The predicted molar refractivity (Wildman–Crippen MR) is 317 cm³/mol. The number of hydrogen-bond acceptors (Lipinski definition) is 26. The minimum Gasteiger partial charge on any atom is -0.395 e. The molecule has 0 bridgehead atoms. The van der Waals surface area contributed by atoms with Crippen LogP contribution in [0.25, 0.3) is 0 Å². The quantitative estimate of drug-likeness (QED) is 0.0282. The molecule has 12 N–H and O–H groups in total. The van der Waals surface area contributed by atoms with Crippen LogP contribution in [-0.4, -0.2) is 293 Å². The van der Waals surface area contributed by atoms with Crippen LogP contribution in [0.1, 0.15) is 119 Å². The van der Waals surface area contributed by atoms with Gasteiger partial charge in [0.25, 0.3) is 0 Å². The fraction of sp³-hybridized carbons (Fsp3) is 0.946. The third-order valence-electron chi connectivity index (χ3n) is 15.0. The summed E-state index contributed by atoms with van der Waals surface area (Å²) in [6.45, 7) is 7.44. The second-order valence-electron chi connectivity index (χ2n) is 23.1. The lowest BCUT2D eigenvalue weighted by Crippen LogP contribution is -2.55. The molecule has 0 aromatic carbocycles. The zero-order valence-electron chi connectivity index (χ0n) is 53.1. The van der Waals surface area contributed by atoms with Gasteiger partial charge in [-0.05, 0) is 44.4 Å². The van der Waals surface area contributed by atoms with Crippen molar-refractivity contribution in [2.75, 3.05) is 126 Å². The molecule has 3 aliphatic rings. The van der Waals surface area contributed by atoms with Crippen molar-refractivity contribution >= 4 is 33.4 Å². The van der Waals surface area contributed by atoms with Crippen LogP contribution < -0.4 is 0 Å². The first-order valence-corrected chi connectivity index (χ1v) is 34.1. The van der Waals surface area contributed by atoms with Gasteiger partial charge in [0.15, 0.2) is 18.9 Å². The van der Waals surface area contributed by atoms with E-state index < -0.39 is 166 Å². The van der Waals surface area contributed by atoms with E-state index in [4.69, 9.17) is 51.3 Å². The molecule has 3 saturated heterocycles. The van der Waals surface area contributed by atoms with Crippen LogP contribution in [0.2, 0.25) is 0 Å². The zero-order chi connectivity index (χ0) is 66.7. The Bertz CT molecular complexity index is 2000. The van der Waals surface area contributed by atoms with Crippen molar-refractivity contribution in [1.29, 1.82) is 0 Å². The number of ether oxygens (including phenoxy) is 7. The first-order valence-electron chi connectivity index (χ1n) is 31.1. The molecule has 526 valence electrons. The van der Waals surface area contributed by atoms with Crippen LogP contribution in [0.4, 0.5) is 0 Å². The van der Waals surface area contributed by atoms with Gasteiger partial charge in [0, 0.05) is 103 Å². The van der Waals surface area contributed by atoms with E-state index in [1.165, 1.54) is 21.8 Å². The molecule has 3 fully saturated rings. The molecule has 3 amide bonds. The molecule has 3 aliphatic heterocycles. The maximum Gasteiger partial charge on any atom is 0.472 e. The Labute approximate surface area is 523 Å². The third-order valence-corrected chi connectivity index (χ3v) is 17.0. The van der Waals surface area contributed by atoms with Crippen molar-refractivity contribution in [2.24, 2.45) is 23.7 Å². The zero-order valence-corrected chi connectivity index (χ0v) is 54.9. The Kier molecular flexibility index (Phi) is 42.3. The number of amides is 3. The summed E-state index contributed by atoms with van der Waals surface area (Å²) in [7, 11) is -8.13. The number of unbranched alkanes of at least 4 members (excludes halogenated alkanes) is 6. The minimum absolute atomic E-state index is 0.0510. The van der Waals surface area contributed by atoms with E-state index in [-0.39, 0.29) is 96.8 Å². The number of aliphatic hydroxyl groups is 10. The van der Waals surface area contributed by atoms with Crippen LogP contribution in [0.3, 0.4) is 0 Å². The van der Waals surface area contributed by atoms with Crippen LogP contribution in [0.5, 0.6) is 0 Å². The molecular weight excluding hydrogens is 1220 g/mol. The number of carbonyl (C=O) groups excluding carboxylic acids is 3. The lowest BCUT2D eigenvalue weighted by Gasteiger charge is -2.40. The summed E-state index contributed by atoms with van der Waals surface area (Å²) >= 11 is 0. The van der Waals surface area contributed by atoms with Crippen molar-refractivity contribution in [2.45, 2.75) is 192 Å². The maximum atomic E-state index is 13.6. The van der Waals surface area contributed by atoms with Gasteiger partial charge < -0.3 is 109 Å². The van der Waals surface area contributed by atoms with E-state index in [0.29, 0.717) is 57.8 Å². The first kappa shape index (κ1) is 83.0. The van der Waals surface area contributed by atoms with Gasteiger partial charge in [0.1, 0.15) is 36.6 Å². The summed E-state index contributed by atoms with van der Waals surface area (Å²) < 4.78 is 85.7. The number of phosphoric ester groups is 2. The Morgan fingerprint density at radius 2 is 0.674 bits per heavy atom. The normalized spacial score (nSPS) is 28.6. The van der Waals surface area contributed by atoms with Crippen LogP contribution in [-0.2, 0) is 74.8 Å². The summed E-state index contributed by atoms with van der Waals surface area (Å²) in [5.41, 5.74) is 0. The molecule has 17 atom stereocenters. The number of nitrogens with zero attached hydrogens (tertiary/aromatic N) is 3. The second-order valence-corrected chi connectivity index (χ2v) is 26.0. The number of carbonyl (C=O) groups is 3. The average molecular weight is 1330 g/mol. The van der Waals surface area contributed by atoms with Crippen LogP contribution in [0.15, 0.2) is 0 Å². The molecule has 3 heterocycles. The molecule has 0 radical (unpaired) electrons. The fourth-order valence-corrected chi connectivity index (χ4v) is 10.9. The minimum atomic E-state index is -4.80. The lowest BCUT2D eigenvalue weighted by atomic mass is 9.92. The highest BCUT2D eigenvalue weighted by molar-refractivity contribution is 7.47. The molecule has 0 spiro atoms. The smallest absolute Gasteiger partial charge is 0.395 e. The monoisotopic (exact) mass is 1330 g/mol. The number of aliphatic hydroxyl groups excluding tert-OH is 10. The van der Waals surface area contributed by atoms with Crippen molar-refractivity contribution < 1.29 is 136 Å². The van der Waals surface area contributed by atoms with E-state index in [1.807, 2.05) is 0 Å². The summed E-state index contributed by atoms with van der Waals surface area (Å²) in [5.74, 6) is -1.99. The predicted octanol–water partition coefficient (Wildman–Crippen LogP) is -0.00330. The van der Waals surface area contributed by atoms with Gasteiger partial charge in [-0.25, -0.2) is 9.13 Å². The number of phosphoric acid groups is 2. The Morgan fingerprint density at radius 3 is 0.921 bits per heavy atom. The Hall–Kier alpha value is -2.05. The van der Waals surface area contributed by atoms with Crippen LogP contribution >= 0.6 is 15.6 Å². The van der Waals surface area contributed by atoms with Crippen molar-refractivity contribution in [3.63, 3.8) is 0 Å². The van der Waals surface area contributed by atoms with Gasteiger partial charge in [-0.3, -0.25) is 32.5 Å². The van der Waals surface area contributed by atoms with E-state index in [9.17, 15) is 84.4 Å². The lowest BCUT2D eigenvalue weighted by molar-refractivity contribution is -0.282. The third kappa shape index (κ3) is 31.8. The van der Waals surface area contributed by atoms with Crippen LogP contribution in [0, 0.1) is 23.7 Å². The molecule has 0 aromatic heterocycles. The Morgan fingerprint density at radius 1 is 0.416 bits per heavy atom. The first-order chi connectivity index (χ1) is 42.2. The molecule has 33 heteroatoms. The summed E-state index contributed by atoms with van der Waals surface area (Å²) in [6, 6.07) is 0. The molecular formula is C56H109N3O28P2. The molecule has 0 saturated carbocycles. The van der Waals surface area contributed by atoms with Gasteiger partial charge in [0.05, 0.1) is 77.8 Å². The SMILES string of the molecule is CC(C)C.COCCN(CCOP(=O)(O)OCCN(CCOP(=O)(O)OCCN(CCO)C(=O)CCCCCO[C@@H]1OC(CO)[C@H](O)[C@H](O)C1C)C(=O)CCCCCO[C@@H]1OC(CO)[C@H](O)[C@H](O)C1C)C(=O)CCCCCO[C@@H]1OC(CO)[C@H](O)[C@H](O)C1C. The maximum absolute atomic E-state index is 13.6. The van der Waals surface area contributed by atoms with Gasteiger partial charge in [-0.1, -0.05) is 60.8 Å². The number of hydrogen-bond donors (Lipinski definition) is 12. The van der Waals surface area contributed by atoms with Gasteiger partial charge in [0.2, 0.25) is 17.7 Å². The largest absolute Gasteiger partial charge is 0.472 e. The summed E-state index contributed by atoms with van der Waals surface area (Å²) in [4.78, 5) is 64.7. The standard InChI is InChI=1S/C52H99N3O28P2.C4H10/c1-35-44(63)47(66)38(32-57)81-50(35)74-24-11-5-8-14-41(60)53(17-23-56)19-28-77-84(69,70)79-30-21-55(43(62)16-10-7-13-26-76-52-37(3)46(65)49(68)40(34-59)83-52)22-31-80-85(71,72)78-29-20-54(18-27-73-4)42(61)15-9-6-12-25-75-51-36(2)45(64)48(67)39(33-58)82-51;1-4(2)3/h35-40,44-52,56-59,63-68H,5-34H2,1-4H3,(H,69,70)(H,71,72);4H,1-3H3/t35?,36?,37?,38?,39?,40?,44-,45-,46-,47+,48+,49+,50-,51-,52-;/m1./s1. The number of methoxy groups -OCH3 is 1. The van der Waals surface area contributed by atoms with Gasteiger partial charge in [-0.2, -0.15) is 0 Å². The molecule has 8 unspecified atom stereocenters. The van der Waals surface area contributed by atoms with E-state index in [1.54, 1.807) is 20.8 Å². The molecule has 89 heavy (non-hydrogen) atoms. The topological polar surface area (TPSA) is 439 Å². The van der Waals surface area contributed by atoms with E-state index >= 15 is 0 Å². The van der Waals surface area contributed by atoms with Crippen molar-refractivity contribution in [3.8, 4) is 0 Å². The molecule has 31 nitrogen and oxygen atoms in total. The van der Waals surface area contributed by atoms with Gasteiger partial charge in [-0.15, -0.1) is 0 Å². The highest BCUT2D eigenvalue weighted by atomic mass is 31.2. The fourth-order valence-electron chi connectivity index (χ4n) is 9.52. The van der Waals surface area contributed by atoms with E-state index in [2.05, 4.69) is 20.8 Å². The highest BCUT2D eigenvalue weighted by Gasteiger charge is 2.45. The van der Waals surface area contributed by atoms with Crippen molar-refractivity contribution in [3.05, 3.63) is 0 Å². The van der Waals surface area contributed by atoms with Gasteiger partial charge >= 0.3 is 15.6 Å². The molecule has 0 aliphatic carbocycles. The van der Waals surface area contributed by atoms with Crippen molar-refractivity contribution in [1.82, 2.24) is 14.7 Å². The highest BCUT2D eigenvalue weighted by Crippen LogP contribution is 2.44. The molecule has 0 aromatic rings. The number of rotatable bonds is 45. The summed E-state index contributed by atoms with van der Waals surface area (Å²) in [5, 5.41) is 99.1.